The summed E-state index contributed by atoms with van der Waals surface area (Å²) in [4.78, 5) is 4.26. The molecule has 0 spiro atoms. The molecule has 0 fully saturated rings. The summed E-state index contributed by atoms with van der Waals surface area (Å²) in [5.41, 5.74) is 1.16. The van der Waals surface area contributed by atoms with Crippen molar-refractivity contribution in [3.63, 3.8) is 0 Å². The molecule has 1 aromatic heterocycles. The van der Waals surface area contributed by atoms with Crippen molar-refractivity contribution >= 4 is 10.0 Å². The Labute approximate surface area is 141 Å². The van der Waals surface area contributed by atoms with Crippen molar-refractivity contribution in [1.82, 2.24) is 9.71 Å². The molecule has 1 N–H and O–H groups in total. The van der Waals surface area contributed by atoms with Crippen LogP contribution < -0.4 is 14.2 Å². The summed E-state index contributed by atoms with van der Waals surface area (Å²) in [7, 11) is -3.54. The van der Waals surface area contributed by atoms with Gasteiger partial charge in [0.05, 0.1) is 4.90 Å². The molecule has 128 valence electrons. The van der Waals surface area contributed by atoms with Gasteiger partial charge < -0.3 is 9.47 Å². The van der Waals surface area contributed by atoms with E-state index in [1.807, 2.05) is 18.3 Å². The van der Waals surface area contributed by atoms with E-state index in [4.69, 9.17) is 9.47 Å². The van der Waals surface area contributed by atoms with Crippen LogP contribution in [-0.2, 0) is 16.4 Å². The molecule has 0 saturated carbocycles. The molecule has 0 bridgehead atoms. The third-order valence-electron chi connectivity index (χ3n) is 3.73. The maximum atomic E-state index is 12.3. The molecule has 7 heteroatoms. The van der Waals surface area contributed by atoms with Gasteiger partial charge >= 0.3 is 0 Å². The molecule has 2 heterocycles. The van der Waals surface area contributed by atoms with Crippen LogP contribution >= 0.6 is 0 Å². The van der Waals surface area contributed by atoms with Gasteiger partial charge in [-0.15, -0.1) is 0 Å². The third kappa shape index (κ3) is 4.24. The molecule has 3 rings (SSSR count). The molecule has 6 nitrogen and oxygen atoms in total. The molecule has 1 aliphatic rings. The lowest BCUT2D eigenvalue weighted by Crippen LogP contribution is -2.25. The van der Waals surface area contributed by atoms with E-state index in [1.165, 1.54) is 12.1 Å². The highest BCUT2D eigenvalue weighted by molar-refractivity contribution is 7.89. The van der Waals surface area contributed by atoms with Crippen LogP contribution in [0.15, 0.2) is 47.6 Å². The van der Waals surface area contributed by atoms with Crippen LogP contribution in [0.3, 0.4) is 0 Å². The number of nitrogens with zero attached hydrogens (tertiary/aromatic N) is 1. The number of aryl methyl sites for hydroxylation is 1. The summed E-state index contributed by atoms with van der Waals surface area (Å²) < 4.78 is 38.1. The van der Waals surface area contributed by atoms with E-state index in [0.717, 1.165) is 24.8 Å². The molecule has 0 amide bonds. The maximum absolute atomic E-state index is 12.3. The minimum atomic E-state index is -3.54. The van der Waals surface area contributed by atoms with E-state index in [9.17, 15) is 8.42 Å². The number of sulfonamides is 1. The smallest absolute Gasteiger partial charge is 0.240 e. The SMILES string of the molecule is O=S(=O)(NCCCCc1cccnc1)c1ccc2c(c1)OCCO2. The van der Waals surface area contributed by atoms with Crippen LogP contribution in [0.2, 0.25) is 0 Å². The topological polar surface area (TPSA) is 77.5 Å². The van der Waals surface area contributed by atoms with Crippen LogP contribution in [0.4, 0.5) is 0 Å². The van der Waals surface area contributed by atoms with Crippen molar-refractivity contribution < 1.29 is 17.9 Å². The van der Waals surface area contributed by atoms with Gasteiger partial charge in [-0.2, -0.15) is 0 Å². The number of aromatic nitrogens is 1. The Morgan fingerprint density at radius 2 is 1.92 bits per heavy atom. The Balaban J connectivity index is 1.51. The minimum absolute atomic E-state index is 0.194. The second-order valence-electron chi connectivity index (χ2n) is 5.52. The van der Waals surface area contributed by atoms with Gasteiger partial charge in [-0.25, -0.2) is 13.1 Å². The van der Waals surface area contributed by atoms with Crippen LogP contribution in [0.1, 0.15) is 18.4 Å². The van der Waals surface area contributed by atoms with Crippen molar-refractivity contribution in [3.8, 4) is 11.5 Å². The number of hydrogen-bond donors (Lipinski definition) is 1. The van der Waals surface area contributed by atoms with E-state index in [0.29, 0.717) is 31.3 Å². The predicted octanol–water partition coefficient (Wildman–Crippen LogP) is 2.15. The average Bonchev–Trinajstić information content (AvgIpc) is 2.62. The number of fused-ring (bicyclic) bond motifs is 1. The van der Waals surface area contributed by atoms with Crippen LogP contribution in [0.25, 0.3) is 0 Å². The van der Waals surface area contributed by atoms with Gasteiger partial charge in [0.2, 0.25) is 10.0 Å². The summed E-state index contributed by atoms with van der Waals surface area (Å²) in [5.74, 6) is 1.05. The molecule has 1 aromatic carbocycles. The van der Waals surface area contributed by atoms with Gasteiger partial charge in [-0.05, 0) is 43.0 Å². The van der Waals surface area contributed by atoms with Crippen LogP contribution in [0.5, 0.6) is 11.5 Å². The van der Waals surface area contributed by atoms with Gasteiger partial charge in [0.1, 0.15) is 13.2 Å². The largest absolute Gasteiger partial charge is 0.486 e. The molecule has 0 aliphatic carbocycles. The van der Waals surface area contributed by atoms with Gasteiger partial charge in [0, 0.05) is 25.0 Å². The van der Waals surface area contributed by atoms with Crippen molar-refractivity contribution in [2.45, 2.75) is 24.2 Å². The summed E-state index contributed by atoms with van der Waals surface area (Å²) in [6.07, 6.45) is 6.12. The summed E-state index contributed by atoms with van der Waals surface area (Å²) in [5, 5.41) is 0. The highest BCUT2D eigenvalue weighted by Crippen LogP contribution is 2.32. The molecule has 0 radical (unpaired) electrons. The molecular weight excluding hydrogens is 328 g/mol. The molecule has 1 aliphatic heterocycles. The number of pyridine rings is 1. The van der Waals surface area contributed by atoms with E-state index in [1.54, 1.807) is 12.3 Å². The highest BCUT2D eigenvalue weighted by Gasteiger charge is 2.18. The molecule has 0 saturated heterocycles. The Hall–Kier alpha value is -2.12. The first-order valence-corrected chi connectivity index (χ1v) is 9.42. The second kappa shape index (κ2) is 7.63. The summed E-state index contributed by atoms with van der Waals surface area (Å²) in [6.45, 7) is 1.31. The number of hydrogen-bond acceptors (Lipinski definition) is 5. The van der Waals surface area contributed by atoms with E-state index < -0.39 is 10.0 Å². The average molecular weight is 348 g/mol. The first-order chi connectivity index (χ1) is 11.6. The number of unbranched alkanes of at least 4 members (excludes halogenated alkanes) is 1. The Kier molecular flexibility index (Phi) is 5.32. The van der Waals surface area contributed by atoms with Crippen molar-refractivity contribution in [2.24, 2.45) is 0 Å². The fourth-order valence-corrected chi connectivity index (χ4v) is 3.57. The highest BCUT2D eigenvalue weighted by atomic mass is 32.2. The van der Waals surface area contributed by atoms with E-state index >= 15 is 0 Å². The fourth-order valence-electron chi connectivity index (χ4n) is 2.48. The van der Waals surface area contributed by atoms with Gasteiger partial charge in [-0.1, -0.05) is 6.07 Å². The normalized spacial score (nSPS) is 13.7. The standard InChI is InChI=1S/C17H20N2O4S/c20-24(21,15-6-7-16-17(12-15)23-11-10-22-16)19-9-2-1-4-14-5-3-8-18-13-14/h3,5-8,12-13,19H,1-2,4,9-11H2. The third-order valence-corrected chi connectivity index (χ3v) is 5.19. The van der Waals surface area contributed by atoms with Crippen LogP contribution in [0, 0.1) is 0 Å². The Bertz CT molecular complexity index is 778. The molecule has 0 atom stereocenters. The molecule has 24 heavy (non-hydrogen) atoms. The van der Waals surface area contributed by atoms with Gasteiger partial charge in [0.15, 0.2) is 11.5 Å². The zero-order chi connectivity index (χ0) is 16.8. The van der Waals surface area contributed by atoms with Gasteiger partial charge in [-0.3, -0.25) is 4.98 Å². The lowest BCUT2D eigenvalue weighted by atomic mass is 10.1. The van der Waals surface area contributed by atoms with Crippen molar-refractivity contribution in [3.05, 3.63) is 48.3 Å². The van der Waals surface area contributed by atoms with Gasteiger partial charge in [0.25, 0.3) is 0 Å². The Morgan fingerprint density at radius 1 is 1.08 bits per heavy atom. The Morgan fingerprint density at radius 3 is 2.71 bits per heavy atom. The lowest BCUT2D eigenvalue weighted by Gasteiger charge is -2.18. The first kappa shape index (κ1) is 16.7. The second-order valence-corrected chi connectivity index (χ2v) is 7.29. The quantitative estimate of drug-likeness (QED) is 0.776. The van der Waals surface area contributed by atoms with E-state index in [-0.39, 0.29) is 4.90 Å². The number of ether oxygens (including phenoxy) is 2. The van der Waals surface area contributed by atoms with Crippen molar-refractivity contribution in [1.29, 1.82) is 0 Å². The number of nitrogens with one attached hydrogen (secondary N) is 1. The summed E-state index contributed by atoms with van der Waals surface area (Å²) >= 11 is 0. The molecule has 2 aromatic rings. The zero-order valence-corrected chi connectivity index (χ0v) is 14.1. The van der Waals surface area contributed by atoms with Crippen molar-refractivity contribution in [2.75, 3.05) is 19.8 Å². The monoisotopic (exact) mass is 348 g/mol. The zero-order valence-electron chi connectivity index (χ0n) is 13.3. The predicted molar refractivity (Wildman–Crippen MR) is 89.8 cm³/mol. The molecular formula is C17H20N2O4S. The first-order valence-electron chi connectivity index (χ1n) is 7.93. The lowest BCUT2D eigenvalue weighted by molar-refractivity contribution is 0.171. The number of benzene rings is 1. The fraction of sp³-hybridized carbons (Fsp3) is 0.353. The number of rotatable bonds is 7. The van der Waals surface area contributed by atoms with Crippen LogP contribution in [-0.4, -0.2) is 33.2 Å². The van der Waals surface area contributed by atoms with E-state index in [2.05, 4.69) is 9.71 Å². The maximum Gasteiger partial charge on any atom is 0.240 e. The molecule has 0 unspecified atom stereocenters. The summed E-state index contributed by atoms with van der Waals surface area (Å²) in [6, 6.07) is 8.59. The minimum Gasteiger partial charge on any atom is -0.486 e.